The lowest BCUT2D eigenvalue weighted by molar-refractivity contribution is 0.193. The van der Waals surface area contributed by atoms with Gasteiger partial charge in [-0.25, -0.2) is 0 Å². The van der Waals surface area contributed by atoms with Crippen molar-refractivity contribution in [1.29, 1.82) is 0 Å². The van der Waals surface area contributed by atoms with Gasteiger partial charge in [-0.2, -0.15) is 0 Å². The molecule has 1 aliphatic carbocycles. The number of thiocarbonyl (C=S) groups is 1. The Morgan fingerprint density at radius 3 is 2.55 bits per heavy atom. The first kappa shape index (κ1) is 20.3. The van der Waals surface area contributed by atoms with Gasteiger partial charge in [-0.15, -0.1) is 0 Å². The maximum absolute atomic E-state index is 5.93. The van der Waals surface area contributed by atoms with Gasteiger partial charge >= 0.3 is 0 Å². The lowest BCUT2D eigenvalue weighted by atomic mass is 9.92. The Labute approximate surface area is 190 Å². The number of hydrogen-bond acceptors (Lipinski definition) is 2. The van der Waals surface area contributed by atoms with Gasteiger partial charge in [0.25, 0.3) is 0 Å². The summed E-state index contributed by atoms with van der Waals surface area (Å²) >= 11 is 5.93. The van der Waals surface area contributed by atoms with Crippen LogP contribution in [0.25, 0.3) is 5.69 Å². The Kier molecular flexibility index (Phi) is 5.53. The van der Waals surface area contributed by atoms with Crippen molar-refractivity contribution in [3.8, 4) is 5.69 Å². The Hall–Kier alpha value is -2.66. The van der Waals surface area contributed by atoms with Gasteiger partial charge in [0.15, 0.2) is 5.11 Å². The van der Waals surface area contributed by atoms with Crippen LogP contribution in [0.2, 0.25) is 0 Å². The molecule has 0 spiro atoms. The summed E-state index contributed by atoms with van der Waals surface area (Å²) in [6.45, 7) is 4.34. The quantitative estimate of drug-likeness (QED) is 0.531. The third kappa shape index (κ3) is 3.76. The maximum atomic E-state index is 5.93. The fourth-order valence-electron chi connectivity index (χ4n) is 5.18. The molecule has 3 heterocycles. The highest BCUT2D eigenvalue weighted by atomic mass is 32.1. The van der Waals surface area contributed by atoms with Crippen LogP contribution in [0.4, 0.5) is 0 Å². The summed E-state index contributed by atoms with van der Waals surface area (Å²) in [7, 11) is 0. The first-order valence-electron chi connectivity index (χ1n) is 11.4. The summed E-state index contributed by atoms with van der Waals surface area (Å²) in [5.41, 5.74) is 6.13. The molecule has 2 unspecified atom stereocenters. The molecule has 5 rings (SSSR count). The molecule has 1 aromatic carbocycles. The molecular formula is C26H30N4S. The SMILES string of the molecule is Cc1ccc(-n2cccc2C2C(c3ccccn3)NC(=S)N2C2CCCCC2)cc1C. The van der Waals surface area contributed by atoms with Gasteiger partial charge in [-0.05, 0) is 86.4 Å². The molecule has 0 radical (unpaired) electrons. The molecule has 2 atom stereocenters. The number of hydrogen-bond donors (Lipinski definition) is 1. The highest BCUT2D eigenvalue weighted by Gasteiger charge is 2.44. The molecule has 31 heavy (non-hydrogen) atoms. The second-order valence-corrected chi connectivity index (χ2v) is 9.28. The summed E-state index contributed by atoms with van der Waals surface area (Å²) in [6.07, 6.45) is 10.4. The van der Waals surface area contributed by atoms with Crippen LogP contribution in [0.5, 0.6) is 0 Å². The van der Waals surface area contributed by atoms with Gasteiger partial charge in [-0.3, -0.25) is 4.98 Å². The van der Waals surface area contributed by atoms with E-state index >= 15 is 0 Å². The van der Waals surface area contributed by atoms with E-state index in [1.807, 2.05) is 12.3 Å². The van der Waals surface area contributed by atoms with Crippen molar-refractivity contribution in [2.45, 2.75) is 64.1 Å². The number of nitrogens with zero attached hydrogens (tertiary/aromatic N) is 3. The largest absolute Gasteiger partial charge is 0.352 e. The van der Waals surface area contributed by atoms with Crippen molar-refractivity contribution >= 4 is 17.3 Å². The fourth-order valence-corrected chi connectivity index (χ4v) is 5.57. The van der Waals surface area contributed by atoms with E-state index in [-0.39, 0.29) is 12.1 Å². The Balaban J connectivity index is 1.61. The minimum absolute atomic E-state index is 0.0378. The van der Waals surface area contributed by atoms with E-state index in [2.05, 4.69) is 77.3 Å². The lowest BCUT2D eigenvalue weighted by Gasteiger charge is -2.37. The summed E-state index contributed by atoms with van der Waals surface area (Å²) < 4.78 is 2.33. The van der Waals surface area contributed by atoms with Crippen LogP contribution >= 0.6 is 12.2 Å². The first-order valence-corrected chi connectivity index (χ1v) is 11.8. The van der Waals surface area contributed by atoms with Gasteiger partial charge in [0.1, 0.15) is 0 Å². The van der Waals surface area contributed by atoms with E-state index in [9.17, 15) is 0 Å². The first-order chi connectivity index (χ1) is 15.1. The average Bonchev–Trinajstić information content (AvgIpc) is 3.41. The Morgan fingerprint density at radius 1 is 0.968 bits per heavy atom. The third-order valence-corrected chi connectivity index (χ3v) is 7.28. The number of nitrogens with one attached hydrogen (secondary N) is 1. The van der Waals surface area contributed by atoms with Crippen LogP contribution in [0.1, 0.15) is 66.7 Å². The lowest BCUT2D eigenvalue weighted by Crippen LogP contribution is -2.40. The molecule has 2 aliphatic rings. The fraction of sp³-hybridized carbons (Fsp3) is 0.385. The molecule has 2 fully saturated rings. The highest BCUT2D eigenvalue weighted by Crippen LogP contribution is 2.43. The van der Waals surface area contributed by atoms with Gasteiger partial charge in [0.05, 0.1) is 17.8 Å². The zero-order chi connectivity index (χ0) is 21.4. The predicted molar refractivity (Wildman–Crippen MR) is 129 cm³/mol. The average molecular weight is 431 g/mol. The second kappa shape index (κ2) is 8.46. The van der Waals surface area contributed by atoms with Crippen molar-refractivity contribution < 1.29 is 0 Å². The van der Waals surface area contributed by atoms with Crippen molar-refractivity contribution in [2.75, 3.05) is 0 Å². The molecular weight excluding hydrogens is 400 g/mol. The standard InChI is InChI=1S/C26H30N4S/c1-18-13-14-21(17-19(18)2)29-16-8-12-23(29)25-24(22-11-6-7-15-27-22)28-26(31)30(25)20-9-4-3-5-10-20/h6-8,11-17,20,24-25H,3-5,9-10H2,1-2H3,(H,28,31). The zero-order valence-electron chi connectivity index (χ0n) is 18.3. The van der Waals surface area contributed by atoms with Crippen LogP contribution in [0.3, 0.4) is 0 Å². The molecule has 3 aromatic rings. The Bertz CT molecular complexity index is 1070. The predicted octanol–water partition coefficient (Wildman–Crippen LogP) is 5.79. The minimum Gasteiger partial charge on any atom is -0.352 e. The molecule has 0 bridgehead atoms. The van der Waals surface area contributed by atoms with E-state index in [4.69, 9.17) is 17.2 Å². The van der Waals surface area contributed by atoms with Crippen LogP contribution < -0.4 is 5.32 Å². The molecule has 2 aromatic heterocycles. The summed E-state index contributed by atoms with van der Waals surface area (Å²) in [4.78, 5) is 7.19. The molecule has 1 aliphatic heterocycles. The van der Waals surface area contributed by atoms with Crippen molar-refractivity contribution in [3.05, 3.63) is 83.4 Å². The van der Waals surface area contributed by atoms with E-state index in [0.717, 1.165) is 10.8 Å². The van der Waals surface area contributed by atoms with Crippen molar-refractivity contribution in [2.24, 2.45) is 0 Å². The van der Waals surface area contributed by atoms with Crippen LogP contribution in [0, 0.1) is 13.8 Å². The zero-order valence-corrected chi connectivity index (χ0v) is 19.1. The second-order valence-electron chi connectivity index (χ2n) is 8.90. The van der Waals surface area contributed by atoms with Gasteiger partial charge in [0.2, 0.25) is 0 Å². The van der Waals surface area contributed by atoms with Gasteiger partial charge in [0, 0.05) is 29.8 Å². The maximum Gasteiger partial charge on any atom is 0.170 e. The normalized spacial score (nSPS) is 22.0. The molecule has 1 saturated carbocycles. The number of aryl methyl sites for hydroxylation is 2. The Morgan fingerprint density at radius 2 is 1.81 bits per heavy atom. The number of pyridine rings is 1. The molecule has 0 amide bonds. The smallest absolute Gasteiger partial charge is 0.170 e. The molecule has 4 nitrogen and oxygen atoms in total. The van der Waals surface area contributed by atoms with Crippen LogP contribution in [-0.4, -0.2) is 25.6 Å². The topological polar surface area (TPSA) is 33.1 Å². The van der Waals surface area contributed by atoms with E-state index in [1.54, 1.807) is 0 Å². The summed E-state index contributed by atoms with van der Waals surface area (Å²) in [6, 6.07) is 17.9. The van der Waals surface area contributed by atoms with E-state index < -0.39 is 0 Å². The third-order valence-electron chi connectivity index (χ3n) is 6.96. The molecule has 5 heteroatoms. The van der Waals surface area contributed by atoms with Gasteiger partial charge < -0.3 is 14.8 Å². The van der Waals surface area contributed by atoms with Crippen molar-refractivity contribution in [1.82, 2.24) is 19.8 Å². The van der Waals surface area contributed by atoms with Crippen molar-refractivity contribution in [3.63, 3.8) is 0 Å². The highest BCUT2D eigenvalue weighted by molar-refractivity contribution is 7.80. The van der Waals surface area contributed by atoms with E-state index in [1.165, 1.54) is 54.6 Å². The summed E-state index contributed by atoms with van der Waals surface area (Å²) in [5, 5.41) is 4.50. The summed E-state index contributed by atoms with van der Waals surface area (Å²) in [5.74, 6) is 0. The molecule has 160 valence electrons. The number of aromatic nitrogens is 2. The van der Waals surface area contributed by atoms with Crippen LogP contribution in [0.15, 0.2) is 60.9 Å². The molecule has 1 N–H and O–H groups in total. The molecule has 1 saturated heterocycles. The van der Waals surface area contributed by atoms with E-state index in [0.29, 0.717) is 6.04 Å². The number of benzene rings is 1. The monoisotopic (exact) mass is 430 g/mol. The number of rotatable bonds is 4. The van der Waals surface area contributed by atoms with Gasteiger partial charge in [-0.1, -0.05) is 31.4 Å². The minimum atomic E-state index is 0.0378. The van der Waals surface area contributed by atoms with Crippen LogP contribution in [-0.2, 0) is 0 Å².